The summed E-state index contributed by atoms with van der Waals surface area (Å²) >= 11 is 0. The summed E-state index contributed by atoms with van der Waals surface area (Å²) in [5.74, 6) is -2.80. The first-order valence-electron chi connectivity index (χ1n) is 5.46. The molecule has 1 aromatic carbocycles. The van der Waals surface area contributed by atoms with E-state index in [4.69, 9.17) is 5.11 Å². The van der Waals surface area contributed by atoms with Crippen LogP contribution < -0.4 is 0 Å². The maximum atomic E-state index is 12.3. The predicted octanol–water partition coefficient (Wildman–Crippen LogP) is 1.17. The molecule has 1 rings (SSSR count). The van der Waals surface area contributed by atoms with Gasteiger partial charge in [-0.2, -0.15) is 0 Å². The third kappa shape index (κ3) is 2.93. The average Bonchev–Trinajstić information content (AvgIpc) is 2.36. The smallest absolute Gasteiger partial charge is 0.325 e. The molecule has 7 heteroatoms. The Balaban J connectivity index is 3.26. The minimum absolute atomic E-state index is 0.134. The van der Waals surface area contributed by atoms with Crippen molar-refractivity contribution in [3.05, 3.63) is 30.3 Å². The Morgan fingerprint density at radius 2 is 1.68 bits per heavy atom. The van der Waals surface area contributed by atoms with Gasteiger partial charge >= 0.3 is 11.9 Å². The first kappa shape index (κ1) is 15.2. The molecule has 0 aliphatic heterocycles. The molecule has 0 saturated carbocycles. The Bertz CT molecular complexity index is 577. The van der Waals surface area contributed by atoms with Crippen LogP contribution in [0.2, 0.25) is 0 Å². The lowest BCUT2D eigenvalue weighted by Crippen LogP contribution is -2.44. The predicted molar refractivity (Wildman–Crippen MR) is 66.5 cm³/mol. The zero-order chi connectivity index (χ0) is 14.7. The van der Waals surface area contributed by atoms with Crippen molar-refractivity contribution >= 4 is 21.8 Å². The van der Waals surface area contributed by atoms with Crippen LogP contribution in [0.1, 0.15) is 19.8 Å². The molecule has 1 atom stereocenters. The second-order valence-corrected chi connectivity index (χ2v) is 6.63. The summed E-state index contributed by atoms with van der Waals surface area (Å²) in [6.45, 7) is 1.03. The van der Waals surface area contributed by atoms with Gasteiger partial charge in [0.05, 0.1) is 4.90 Å². The molecular weight excluding hydrogens is 272 g/mol. The molecule has 6 nitrogen and oxygen atoms in total. The van der Waals surface area contributed by atoms with Gasteiger partial charge in [-0.15, -0.1) is 0 Å². The number of carbonyl (C=O) groups is 2. The van der Waals surface area contributed by atoms with Gasteiger partial charge in [0, 0.05) is 6.42 Å². The Kier molecular flexibility index (Phi) is 4.31. The molecule has 0 saturated heterocycles. The van der Waals surface area contributed by atoms with Gasteiger partial charge in [0.2, 0.25) is 0 Å². The fourth-order valence-corrected chi connectivity index (χ4v) is 3.20. The van der Waals surface area contributed by atoms with E-state index in [9.17, 15) is 23.1 Å². The van der Waals surface area contributed by atoms with E-state index < -0.39 is 39.4 Å². The molecule has 0 radical (unpaired) electrons. The van der Waals surface area contributed by atoms with E-state index in [0.29, 0.717) is 0 Å². The molecule has 0 aliphatic carbocycles. The minimum Gasteiger partial charge on any atom is -0.481 e. The van der Waals surface area contributed by atoms with E-state index in [-0.39, 0.29) is 4.90 Å². The van der Waals surface area contributed by atoms with E-state index in [1.807, 2.05) is 0 Å². The molecule has 0 spiro atoms. The van der Waals surface area contributed by atoms with Crippen molar-refractivity contribution in [1.29, 1.82) is 0 Å². The summed E-state index contributed by atoms with van der Waals surface area (Å²) in [7, 11) is -4.16. The van der Waals surface area contributed by atoms with Gasteiger partial charge in [0.1, 0.15) is 0 Å². The number of benzene rings is 1. The fraction of sp³-hybridized carbons (Fsp3) is 0.333. The topological polar surface area (TPSA) is 109 Å². The molecule has 19 heavy (non-hydrogen) atoms. The van der Waals surface area contributed by atoms with E-state index in [2.05, 4.69) is 0 Å². The highest BCUT2D eigenvalue weighted by Gasteiger charge is 2.47. The summed E-state index contributed by atoms with van der Waals surface area (Å²) in [4.78, 5) is 21.7. The third-order valence-corrected chi connectivity index (χ3v) is 5.37. The third-order valence-electron chi connectivity index (χ3n) is 2.91. The van der Waals surface area contributed by atoms with Gasteiger partial charge in [-0.1, -0.05) is 18.2 Å². The standard InChI is InChI=1S/C12H14O6S/c1-12(11(15)16,8-7-10(13)14)19(17,18)9-5-3-2-4-6-9/h2-6H,7-8H2,1H3,(H,13,14)(H,15,16). The number of sulfone groups is 1. The second kappa shape index (κ2) is 5.40. The van der Waals surface area contributed by atoms with Crippen molar-refractivity contribution in [2.75, 3.05) is 0 Å². The number of rotatable bonds is 6. The van der Waals surface area contributed by atoms with Gasteiger partial charge in [0.25, 0.3) is 0 Å². The summed E-state index contributed by atoms with van der Waals surface area (Å²) in [5.41, 5.74) is 0. The van der Waals surface area contributed by atoms with E-state index in [1.54, 1.807) is 6.07 Å². The normalized spacial score (nSPS) is 14.6. The van der Waals surface area contributed by atoms with Crippen molar-refractivity contribution in [3.8, 4) is 0 Å². The zero-order valence-electron chi connectivity index (χ0n) is 10.2. The van der Waals surface area contributed by atoms with Crippen LogP contribution in [-0.2, 0) is 19.4 Å². The lowest BCUT2D eigenvalue weighted by Gasteiger charge is -2.24. The van der Waals surface area contributed by atoms with E-state index in [1.165, 1.54) is 24.3 Å². The fourth-order valence-electron chi connectivity index (χ4n) is 1.56. The Morgan fingerprint density at radius 3 is 2.11 bits per heavy atom. The van der Waals surface area contributed by atoms with Gasteiger partial charge in [-0.3, -0.25) is 9.59 Å². The summed E-state index contributed by atoms with van der Waals surface area (Å²) < 4.78 is 22.5. The monoisotopic (exact) mass is 286 g/mol. The Labute approximate surface area is 110 Å². The van der Waals surface area contributed by atoms with Crippen LogP contribution in [0.4, 0.5) is 0 Å². The zero-order valence-corrected chi connectivity index (χ0v) is 11.1. The van der Waals surface area contributed by atoms with Crippen molar-refractivity contribution in [3.63, 3.8) is 0 Å². The molecule has 0 aromatic heterocycles. The van der Waals surface area contributed by atoms with Crippen LogP contribution in [0.25, 0.3) is 0 Å². The maximum Gasteiger partial charge on any atom is 0.325 e. The van der Waals surface area contributed by atoms with Crippen molar-refractivity contribution in [1.82, 2.24) is 0 Å². The molecule has 0 bridgehead atoms. The Hall–Kier alpha value is -1.89. The first-order chi connectivity index (χ1) is 8.72. The van der Waals surface area contributed by atoms with Crippen LogP contribution >= 0.6 is 0 Å². The largest absolute Gasteiger partial charge is 0.481 e. The summed E-state index contributed by atoms with van der Waals surface area (Å²) in [6.07, 6.45) is -1.02. The van der Waals surface area contributed by atoms with Gasteiger partial charge in [0.15, 0.2) is 14.6 Å². The van der Waals surface area contributed by atoms with E-state index in [0.717, 1.165) is 6.92 Å². The van der Waals surface area contributed by atoms with E-state index >= 15 is 0 Å². The lowest BCUT2D eigenvalue weighted by atomic mass is 10.1. The number of hydrogen-bond donors (Lipinski definition) is 2. The molecule has 0 amide bonds. The number of carboxylic acid groups (broad SMARTS) is 2. The summed E-state index contributed by atoms with van der Waals surface area (Å²) in [5, 5.41) is 17.8. The molecule has 0 fully saturated rings. The molecule has 0 aliphatic rings. The second-order valence-electron chi connectivity index (χ2n) is 4.25. The van der Waals surface area contributed by atoms with Crippen molar-refractivity contribution in [2.24, 2.45) is 0 Å². The first-order valence-corrected chi connectivity index (χ1v) is 6.95. The minimum atomic E-state index is -4.16. The Morgan fingerprint density at radius 1 is 1.16 bits per heavy atom. The molecule has 104 valence electrons. The van der Waals surface area contributed by atoms with Crippen LogP contribution in [-0.4, -0.2) is 35.3 Å². The molecule has 1 unspecified atom stereocenters. The lowest BCUT2D eigenvalue weighted by molar-refractivity contribution is -0.140. The van der Waals surface area contributed by atoms with Crippen LogP contribution in [0.15, 0.2) is 35.2 Å². The van der Waals surface area contributed by atoms with Crippen LogP contribution in [0, 0.1) is 0 Å². The van der Waals surface area contributed by atoms with Gasteiger partial charge < -0.3 is 10.2 Å². The molecule has 2 N–H and O–H groups in total. The highest BCUT2D eigenvalue weighted by atomic mass is 32.2. The maximum absolute atomic E-state index is 12.3. The number of carboxylic acids is 2. The molecular formula is C12H14O6S. The van der Waals surface area contributed by atoms with Gasteiger partial charge in [-0.05, 0) is 25.5 Å². The van der Waals surface area contributed by atoms with Crippen molar-refractivity contribution in [2.45, 2.75) is 29.4 Å². The van der Waals surface area contributed by atoms with Crippen molar-refractivity contribution < 1.29 is 28.2 Å². The quantitative estimate of drug-likeness (QED) is 0.812. The SMILES string of the molecule is CC(CCC(=O)O)(C(=O)O)S(=O)(=O)c1ccccc1. The summed E-state index contributed by atoms with van der Waals surface area (Å²) in [6, 6.07) is 7.14. The van der Waals surface area contributed by atoms with Crippen LogP contribution in [0.3, 0.4) is 0 Å². The van der Waals surface area contributed by atoms with Gasteiger partial charge in [-0.25, -0.2) is 8.42 Å². The number of hydrogen-bond acceptors (Lipinski definition) is 4. The number of aliphatic carboxylic acids is 2. The highest BCUT2D eigenvalue weighted by Crippen LogP contribution is 2.30. The van der Waals surface area contributed by atoms with Crippen LogP contribution in [0.5, 0.6) is 0 Å². The molecule has 1 aromatic rings. The highest BCUT2D eigenvalue weighted by molar-refractivity contribution is 7.93. The average molecular weight is 286 g/mol. The molecule has 0 heterocycles.